The summed E-state index contributed by atoms with van der Waals surface area (Å²) in [5.74, 6) is -0.0154. The first-order valence-corrected chi connectivity index (χ1v) is 12.8. The molecule has 1 saturated heterocycles. The third kappa shape index (κ3) is 6.06. The van der Waals surface area contributed by atoms with Gasteiger partial charge in [0.15, 0.2) is 6.29 Å². The lowest BCUT2D eigenvalue weighted by atomic mass is 10.0. The van der Waals surface area contributed by atoms with Crippen LogP contribution in [-0.2, 0) is 27.1 Å². The lowest BCUT2D eigenvalue weighted by molar-refractivity contribution is -0.115. The Kier molecular flexibility index (Phi) is 7.37. The van der Waals surface area contributed by atoms with Crippen molar-refractivity contribution < 1.29 is 14.3 Å². The van der Waals surface area contributed by atoms with Gasteiger partial charge in [0, 0.05) is 16.0 Å². The second-order valence-corrected chi connectivity index (χ2v) is 9.80. The average Bonchev–Trinajstić information content (AvgIpc) is 3.62. The van der Waals surface area contributed by atoms with Crippen LogP contribution in [0.1, 0.15) is 40.1 Å². The molecule has 2 N–H and O–H groups in total. The number of ether oxygens (including phenoxy) is 2. The molecule has 35 heavy (non-hydrogen) atoms. The summed E-state index contributed by atoms with van der Waals surface area (Å²) in [6, 6.07) is 16.5. The highest BCUT2D eigenvalue weighted by atomic mass is 32.1. The zero-order valence-corrected chi connectivity index (χ0v) is 20.6. The summed E-state index contributed by atoms with van der Waals surface area (Å²) < 4.78 is 11.0. The van der Waals surface area contributed by atoms with Crippen LogP contribution in [0.3, 0.4) is 0 Å². The molecule has 1 fully saturated rings. The van der Waals surface area contributed by atoms with Crippen molar-refractivity contribution >= 4 is 46.0 Å². The number of aryl methyl sites for hydroxylation is 2. The number of carbonyl (C=O) groups excluding carboxylic acids is 1. The second-order valence-electron chi connectivity index (χ2n) is 8.77. The molecule has 2 aromatic carbocycles. The number of anilines is 1. The van der Waals surface area contributed by atoms with Crippen LogP contribution in [0.5, 0.6) is 0 Å². The number of H-pyrrole nitrogens is 1. The smallest absolute Gasteiger partial charge is 0.229 e. The zero-order valence-electron chi connectivity index (χ0n) is 19.8. The number of thiophene rings is 1. The van der Waals surface area contributed by atoms with Gasteiger partial charge in [-0.05, 0) is 72.5 Å². The first-order valence-electron chi connectivity index (χ1n) is 12.0. The zero-order chi connectivity index (χ0) is 24.0. The molecule has 0 saturated carbocycles. The Morgan fingerprint density at radius 3 is 2.89 bits per heavy atom. The fraction of sp³-hybridized carbons (Fsp3) is 0.286. The van der Waals surface area contributed by atoms with Crippen LogP contribution in [0.2, 0.25) is 0 Å². The summed E-state index contributed by atoms with van der Waals surface area (Å²) in [6.45, 7) is 3.40. The van der Waals surface area contributed by atoms with E-state index < -0.39 is 0 Å². The lowest BCUT2D eigenvalue weighted by Crippen LogP contribution is -2.14. The normalized spacial score (nSPS) is 14.3. The molecule has 180 valence electrons. The molecule has 5 rings (SSSR count). The lowest BCUT2D eigenvalue weighted by Gasteiger charge is -2.09. The molecular formula is C28H29N3O3S. The van der Waals surface area contributed by atoms with Gasteiger partial charge in [0.25, 0.3) is 0 Å². The van der Waals surface area contributed by atoms with E-state index in [0.29, 0.717) is 19.6 Å². The van der Waals surface area contributed by atoms with E-state index in [9.17, 15) is 4.79 Å². The summed E-state index contributed by atoms with van der Waals surface area (Å²) >= 11 is 1.59. The Morgan fingerprint density at radius 1 is 1.17 bits per heavy atom. The van der Waals surface area contributed by atoms with E-state index >= 15 is 0 Å². The second kappa shape index (κ2) is 11.0. The predicted molar refractivity (Wildman–Crippen MR) is 141 cm³/mol. The van der Waals surface area contributed by atoms with Gasteiger partial charge in [-0.15, -0.1) is 11.3 Å². The number of nitrogens with zero attached hydrogens (tertiary/aromatic N) is 1. The molecule has 1 amide bonds. The van der Waals surface area contributed by atoms with Gasteiger partial charge in [0.2, 0.25) is 5.91 Å². The molecule has 0 spiro atoms. The molecule has 1 aliphatic heterocycles. The highest BCUT2D eigenvalue weighted by molar-refractivity contribution is 7.10. The van der Waals surface area contributed by atoms with Gasteiger partial charge in [-0.2, -0.15) is 5.10 Å². The van der Waals surface area contributed by atoms with Gasteiger partial charge in [-0.3, -0.25) is 9.89 Å². The molecule has 0 radical (unpaired) electrons. The molecule has 2 aromatic heterocycles. The number of benzene rings is 2. The van der Waals surface area contributed by atoms with Gasteiger partial charge in [0.1, 0.15) is 0 Å². The van der Waals surface area contributed by atoms with Gasteiger partial charge in [-0.25, -0.2) is 0 Å². The molecule has 7 heteroatoms. The maximum atomic E-state index is 12.5. The van der Waals surface area contributed by atoms with Crippen molar-refractivity contribution in [1.29, 1.82) is 0 Å². The van der Waals surface area contributed by atoms with E-state index in [0.717, 1.165) is 57.6 Å². The average molecular weight is 488 g/mol. The van der Waals surface area contributed by atoms with Crippen molar-refractivity contribution in [3.63, 3.8) is 0 Å². The van der Waals surface area contributed by atoms with Crippen molar-refractivity contribution in [2.75, 3.05) is 18.5 Å². The molecule has 6 nitrogen and oxygen atoms in total. The van der Waals surface area contributed by atoms with Crippen LogP contribution in [0.4, 0.5) is 5.69 Å². The Morgan fingerprint density at radius 2 is 2.06 bits per heavy atom. The van der Waals surface area contributed by atoms with E-state index in [-0.39, 0.29) is 12.2 Å². The molecule has 3 heterocycles. The Balaban J connectivity index is 1.26. The summed E-state index contributed by atoms with van der Waals surface area (Å²) in [4.78, 5) is 13.6. The Bertz CT molecular complexity index is 1320. The molecule has 1 aliphatic rings. The number of aromatic amines is 1. The molecule has 4 aromatic rings. The number of hydrogen-bond acceptors (Lipinski definition) is 5. The minimum Gasteiger partial charge on any atom is -0.350 e. The van der Waals surface area contributed by atoms with Crippen LogP contribution in [0.15, 0.2) is 53.9 Å². The van der Waals surface area contributed by atoms with E-state index in [1.807, 2.05) is 42.6 Å². The maximum Gasteiger partial charge on any atom is 0.229 e. The highest BCUT2D eigenvalue weighted by Gasteiger charge is 2.15. The van der Waals surface area contributed by atoms with Crippen LogP contribution < -0.4 is 5.32 Å². The Hall–Kier alpha value is -3.26. The first-order chi connectivity index (χ1) is 17.1. The minimum absolute atomic E-state index is 0.0154. The number of fused-ring (bicyclic) bond motifs is 1. The van der Waals surface area contributed by atoms with Crippen molar-refractivity contribution in [3.05, 3.63) is 81.2 Å². The fourth-order valence-electron chi connectivity index (χ4n) is 4.29. The van der Waals surface area contributed by atoms with Gasteiger partial charge in [0.05, 0.1) is 30.8 Å². The first kappa shape index (κ1) is 23.5. The van der Waals surface area contributed by atoms with Gasteiger partial charge < -0.3 is 14.8 Å². The topological polar surface area (TPSA) is 76.2 Å². The molecule has 0 atom stereocenters. The molecule has 0 bridgehead atoms. The SMILES string of the molecule is Cc1cc2[nH]nc(/C=C/c3cccc(CCCC4OCCO4)c3)c2cc1NC(=O)Cc1cccs1. The number of nitrogens with one attached hydrogen (secondary N) is 2. The van der Waals surface area contributed by atoms with E-state index in [1.165, 1.54) is 5.56 Å². The molecular weight excluding hydrogens is 458 g/mol. The quantitative estimate of drug-likeness (QED) is 0.304. The van der Waals surface area contributed by atoms with Crippen LogP contribution in [-0.4, -0.2) is 35.6 Å². The van der Waals surface area contributed by atoms with E-state index in [4.69, 9.17) is 9.47 Å². The number of amides is 1. The monoisotopic (exact) mass is 487 g/mol. The van der Waals surface area contributed by atoms with E-state index in [2.05, 4.69) is 45.9 Å². The van der Waals surface area contributed by atoms with Crippen molar-refractivity contribution in [2.45, 2.75) is 38.9 Å². The maximum absolute atomic E-state index is 12.5. The summed E-state index contributed by atoms with van der Waals surface area (Å²) in [6.07, 6.45) is 7.38. The van der Waals surface area contributed by atoms with Gasteiger partial charge in [-0.1, -0.05) is 36.4 Å². The van der Waals surface area contributed by atoms with Crippen LogP contribution in [0.25, 0.3) is 23.1 Å². The summed E-state index contributed by atoms with van der Waals surface area (Å²) in [5, 5.41) is 13.6. The van der Waals surface area contributed by atoms with Crippen molar-refractivity contribution in [3.8, 4) is 0 Å². The van der Waals surface area contributed by atoms with Crippen molar-refractivity contribution in [2.24, 2.45) is 0 Å². The molecule has 0 unspecified atom stereocenters. The number of rotatable bonds is 9. The number of aromatic nitrogens is 2. The standard InChI is InChI=1S/C28H29N3O3S/c1-19-15-26-23(18-25(19)29-27(32)17-22-8-4-14-35-22)24(30-31-26)11-10-21-6-2-5-20(16-21)7-3-9-28-33-12-13-34-28/h2,4-6,8,10-11,14-16,18,28H,3,7,9,12-13,17H2,1H3,(H,29,32)(H,30,31)/b11-10+. The third-order valence-corrected chi connectivity index (χ3v) is 6.98. The number of carbonyl (C=O) groups is 1. The fourth-order valence-corrected chi connectivity index (χ4v) is 5.00. The van der Waals surface area contributed by atoms with Gasteiger partial charge >= 0.3 is 0 Å². The summed E-state index contributed by atoms with van der Waals surface area (Å²) in [5.41, 5.74) is 6.02. The highest BCUT2D eigenvalue weighted by Crippen LogP contribution is 2.26. The summed E-state index contributed by atoms with van der Waals surface area (Å²) in [7, 11) is 0. The van der Waals surface area contributed by atoms with E-state index in [1.54, 1.807) is 11.3 Å². The van der Waals surface area contributed by atoms with Crippen molar-refractivity contribution in [1.82, 2.24) is 10.2 Å². The van der Waals surface area contributed by atoms with Crippen LogP contribution >= 0.6 is 11.3 Å². The number of hydrogen-bond donors (Lipinski definition) is 2. The Labute approximate surface area is 209 Å². The van der Waals surface area contributed by atoms with Crippen LogP contribution in [0, 0.1) is 6.92 Å². The predicted octanol–water partition coefficient (Wildman–Crippen LogP) is 5.98. The molecule has 0 aliphatic carbocycles. The minimum atomic E-state index is -0.0416. The largest absolute Gasteiger partial charge is 0.350 e. The third-order valence-electron chi connectivity index (χ3n) is 6.11.